The number of hydrogen-bond donors (Lipinski definition) is 0. The topological polar surface area (TPSA) is 46.1 Å². The summed E-state index contributed by atoms with van der Waals surface area (Å²) in [4.78, 5) is 25.5. The molecule has 3 aromatic rings. The molecule has 0 unspecified atom stereocenters. The summed E-state index contributed by atoms with van der Waals surface area (Å²) < 4.78 is 1.13. The lowest BCUT2D eigenvalue weighted by Gasteiger charge is -2.27. The van der Waals surface area contributed by atoms with E-state index in [1.165, 1.54) is 6.42 Å². The zero-order valence-electron chi connectivity index (χ0n) is 15.4. The van der Waals surface area contributed by atoms with Gasteiger partial charge in [0.05, 0.1) is 16.8 Å². The number of anilines is 1. The van der Waals surface area contributed by atoms with E-state index < -0.39 is 0 Å². The molecule has 6 heteroatoms. The van der Waals surface area contributed by atoms with E-state index in [0.717, 1.165) is 51.5 Å². The number of nitrogens with zero attached hydrogens (tertiary/aromatic N) is 3. The molecule has 140 valence electrons. The Morgan fingerprint density at radius 3 is 2.81 bits per heavy atom. The largest absolute Gasteiger partial charge is 0.283 e. The number of carbonyl (C=O) groups excluding carboxylic acids is 1. The van der Waals surface area contributed by atoms with Gasteiger partial charge in [-0.25, -0.2) is 4.98 Å². The van der Waals surface area contributed by atoms with Gasteiger partial charge >= 0.3 is 0 Å². The molecule has 1 aliphatic rings. The molecule has 0 saturated heterocycles. The van der Waals surface area contributed by atoms with Crippen molar-refractivity contribution in [2.45, 2.75) is 43.5 Å². The summed E-state index contributed by atoms with van der Waals surface area (Å²) in [5.74, 6) is 0.325. The number of fused-ring (bicyclic) bond motifs is 1. The van der Waals surface area contributed by atoms with Crippen molar-refractivity contribution < 1.29 is 4.79 Å². The average Bonchev–Trinajstić information content (AvgIpc) is 3.17. The highest BCUT2D eigenvalue weighted by Crippen LogP contribution is 2.36. The molecule has 1 aromatic carbocycles. The molecular formula is C21H23N3OS2. The smallest absolute Gasteiger partial charge is 0.232 e. The van der Waals surface area contributed by atoms with Gasteiger partial charge in [-0.15, -0.1) is 11.8 Å². The first kappa shape index (κ1) is 18.4. The van der Waals surface area contributed by atoms with E-state index in [1.54, 1.807) is 29.3 Å². The number of thioether (sulfide) groups is 1. The Morgan fingerprint density at radius 1 is 1.22 bits per heavy atom. The number of rotatable bonds is 5. The molecule has 4 nitrogen and oxygen atoms in total. The molecule has 1 aliphatic carbocycles. The molecular weight excluding hydrogens is 374 g/mol. The van der Waals surface area contributed by atoms with Crippen LogP contribution in [0.5, 0.6) is 0 Å². The maximum Gasteiger partial charge on any atom is 0.232 e. The minimum absolute atomic E-state index is 0.113. The SMILES string of the molecule is CSc1cccc2sc(N(Cc3cccnc3)C(=O)C3CCCCC3)nc12. The maximum absolute atomic E-state index is 13.4. The van der Waals surface area contributed by atoms with Gasteiger partial charge in [-0.1, -0.05) is 42.7 Å². The Morgan fingerprint density at radius 2 is 2.07 bits per heavy atom. The first-order valence-corrected chi connectivity index (χ1v) is 11.4. The standard InChI is InChI=1S/C21H23N3OS2/c1-26-17-10-5-11-18-19(17)23-21(27-18)24(14-15-7-6-12-22-13-15)20(25)16-8-3-2-4-9-16/h5-7,10-13,16H,2-4,8-9,14H2,1H3. The highest BCUT2D eigenvalue weighted by molar-refractivity contribution is 7.98. The van der Waals surface area contributed by atoms with Crippen LogP contribution in [-0.2, 0) is 11.3 Å². The predicted molar refractivity (Wildman–Crippen MR) is 113 cm³/mol. The number of carbonyl (C=O) groups is 1. The normalized spacial score (nSPS) is 15.1. The molecule has 2 heterocycles. The van der Waals surface area contributed by atoms with Gasteiger partial charge in [0.15, 0.2) is 5.13 Å². The fourth-order valence-corrected chi connectivity index (χ4v) is 5.30. The van der Waals surface area contributed by atoms with Crippen molar-refractivity contribution in [1.82, 2.24) is 9.97 Å². The Bertz CT molecular complexity index is 920. The monoisotopic (exact) mass is 397 g/mol. The number of thiazole rings is 1. The van der Waals surface area contributed by atoms with Gasteiger partial charge in [0.1, 0.15) is 0 Å². The lowest BCUT2D eigenvalue weighted by molar-refractivity contribution is -0.123. The zero-order chi connectivity index (χ0) is 18.6. The molecule has 4 rings (SSSR count). The number of aromatic nitrogens is 2. The zero-order valence-corrected chi connectivity index (χ0v) is 17.1. The minimum Gasteiger partial charge on any atom is -0.283 e. The first-order chi connectivity index (χ1) is 13.3. The first-order valence-electron chi connectivity index (χ1n) is 9.40. The van der Waals surface area contributed by atoms with Crippen LogP contribution in [0.3, 0.4) is 0 Å². The summed E-state index contributed by atoms with van der Waals surface area (Å²) in [5.41, 5.74) is 2.03. The molecule has 1 fully saturated rings. The summed E-state index contributed by atoms with van der Waals surface area (Å²) in [6.07, 6.45) is 11.2. The summed E-state index contributed by atoms with van der Waals surface area (Å²) >= 11 is 3.30. The van der Waals surface area contributed by atoms with Crippen LogP contribution in [0.4, 0.5) is 5.13 Å². The number of amides is 1. The molecule has 0 N–H and O–H groups in total. The van der Waals surface area contributed by atoms with Crippen LogP contribution in [-0.4, -0.2) is 22.1 Å². The fraction of sp³-hybridized carbons (Fsp3) is 0.381. The lowest BCUT2D eigenvalue weighted by atomic mass is 9.88. The van der Waals surface area contributed by atoms with Crippen LogP contribution in [0.15, 0.2) is 47.6 Å². The minimum atomic E-state index is 0.113. The van der Waals surface area contributed by atoms with Crippen LogP contribution >= 0.6 is 23.1 Å². The number of pyridine rings is 1. The van der Waals surface area contributed by atoms with E-state index in [-0.39, 0.29) is 11.8 Å². The Hall–Kier alpha value is -1.92. The van der Waals surface area contributed by atoms with Crippen molar-refractivity contribution in [2.75, 3.05) is 11.2 Å². The molecule has 1 amide bonds. The molecule has 1 saturated carbocycles. The van der Waals surface area contributed by atoms with Crippen molar-refractivity contribution in [3.63, 3.8) is 0 Å². The predicted octanol–water partition coefficient (Wildman–Crippen LogP) is 5.53. The quantitative estimate of drug-likeness (QED) is 0.531. The molecule has 2 aromatic heterocycles. The third kappa shape index (κ3) is 4.01. The molecule has 0 aliphatic heterocycles. The van der Waals surface area contributed by atoms with Crippen molar-refractivity contribution in [2.24, 2.45) is 5.92 Å². The number of para-hydroxylation sites is 1. The van der Waals surface area contributed by atoms with Gasteiger partial charge in [0, 0.05) is 23.2 Å². The van der Waals surface area contributed by atoms with Gasteiger partial charge in [-0.05, 0) is 42.9 Å². The van der Waals surface area contributed by atoms with Crippen molar-refractivity contribution in [3.05, 3.63) is 48.3 Å². The van der Waals surface area contributed by atoms with Crippen LogP contribution in [0.25, 0.3) is 10.2 Å². The van der Waals surface area contributed by atoms with Crippen LogP contribution in [0.2, 0.25) is 0 Å². The third-order valence-electron chi connectivity index (χ3n) is 5.11. The van der Waals surface area contributed by atoms with Crippen molar-refractivity contribution in [1.29, 1.82) is 0 Å². The second-order valence-corrected chi connectivity index (χ2v) is 8.78. The summed E-state index contributed by atoms with van der Waals surface area (Å²) in [5, 5.41) is 0.797. The second-order valence-electron chi connectivity index (χ2n) is 6.92. The van der Waals surface area contributed by atoms with E-state index >= 15 is 0 Å². The van der Waals surface area contributed by atoms with Gasteiger partial charge in [-0.3, -0.25) is 14.7 Å². The molecule has 0 bridgehead atoms. The van der Waals surface area contributed by atoms with Gasteiger partial charge in [0.25, 0.3) is 0 Å². The molecule has 27 heavy (non-hydrogen) atoms. The Balaban J connectivity index is 1.71. The third-order valence-corrected chi connectivity index (χ3v) is 6.92. The molecule has 0 atom stereocenters. The molecule has 0 spiro atoms. The van der Waals surface area contributed by atoms with E-state index in [9.17, 15) is 4.79 Å². The highest BCUT2D eigenvalue weighted by atomic mass is 32.2. The number of hydrogen-bond acceptors (Lipinski definition) is 5. The van der Waals surface area contributed by atoms with Crippen LogP contribution in [0.1, 0.15) is 37.7 Å². The lowest BCUT2D eigenvalue weighted by Crippen LogP contribution is -2.36. The summed E-state index contributed by atoms with van der Waals surface area (Å²) in [6, 6.07) is 10.2. The van der Waals surface area contributed by atoms with Gasteiger partial charge in [0.2, 0.25) is 5.91 Å². The van der Waals surface area contributed by atoms with Crippen LogP contribution in [0, 0.1) is 5.92 Å². The van der Waals surface area contributed by atoms with Crippen LogP contribution < -0.4 is 4.90 Å². The van der Waals surface area contributed by atoms with Crippen molar-refractivity contribution >= 4 is 44.4 Å². The maximum atomic E-state index is 13.4. The van der Waals surface area contributed by atoms with E-state index in [1.807, 2.05) is 23.2 Å². The summed E-state index contributed by atoms with van der Waals surface area (Å²) in [7, 11) is 0. The average molecular weight is 398 g/mol. The second kappa shape index (κ2) is 8.40. The summed E-state index contributed by atoms with van der Waals surface area (Å²) in [6.45, 7) is 0.525. The fourth-order valence-electron chi connectivity index (χ4n) is 3.68. The molecule has 0 radical (unpaired) electrons. The highest BCUT2D eigenvalue weighted by Gasteiger charge is 2.29. The number of benzene rings is 1. The van der Waals surface area contributed by atoms with Gasteiger partial charge in [-0.2, -0.15) is 0 Å². The van der Waals surface area contributed by atoms with E-state index in [0.29, 0.717) is 6.54 Å². The van der Waals surface area contributed by atoms with E-state index in [4.69, 9.17) is 4.98 Å². The Kier molecular flexibility index (Phi) is 5.74. The van der Waals surface area contributed by atoms with Gasteiger partial charge < -0.3 is 0 Å². The van der Waals surface area contributed by atoms with Crippen molar-refractivity contribution in [3.8, 4) is 0 Å². The van der Waals surface area contributed by atoms with E-state index in [2.05, 4.69) is 29.4 Å². The Labute approximate surface area is 168 Å².